The van der Waals surface area contributed by atoms with E-state index in [4.69, 9.17) is 26.8 Å². The summed E-state index contributed by atoms with van der Waals surface area (Å²) in [5.74, 6) is 0.670. The minimum Gasteiger partial charge on any atom is -0.495 e. The van der Waals surface area contributed by atoms with Crippen LogP contribution in [0.2, 0.25) is 5.02 Å². The highest BCUT2D eigenvalue weighted by Gasteiger charge is 2.41. The molecule has 1 unspecified atom stereocenters. The number of nitrogens with one attached hydrogen (secondary N) is 1. The Bertz CT molecular complexity index is 1630. The standard InChI is InChI=1S/C29H27ClN6O4S2/c1-3-40-18-10-7-16(8-11-18)25-19(14-31)27(32)36(21-5-4-6-22(37)26(21)25)28-34-35-29(42-28)41-15-24(38)33-17-9-12-23(39-2)20(30)13-17/h7-13,25H,3-6,15,32H2,1-2H3,(H,33,38). The number of amides is 1. The second kappa shape index (κ2) is 12.9. The minimum atomic E-state index is -0.582. The maximum Gasteiger partial charge on any atom is 0.234 e. The summed E-state index contributed by atoms with van der Waals surface area (Å²) in [5.41, 5.74) is 9.52. The van der Waals surface area contributed by atoms with Gasteiger partial charge in [-0.3, -0.25) is 14.5 Å². The van der Waals surface area contributed by atoms with E-state index in [-0.39, 0.29) is 28.8 Å². The van der Waals surface area contributed by atoms with Gasteiger partial charge in [-0.15, -0.1) is 10.2 Å². The maximum atomic E-state index is 13.3. The molecule has 13 heteroatoms. The Labute approximate surface area is 256 Å². The summed E-state index contributed by atoms with van der Waals surface area (Å²) in [6.45, 7) is 2.44. The van der Waals surface area contributed by atoms with Crippen LogP contribution in [0, 0.1) is 11.3 Å². The Hall–Kier alpha value is -4.05. The van der Waals surface area contributed by atoms with E-state index >= 15 is 0 Å². The Balaban J connectivity index is 1.38. The van der Waals surface area contributed by atoms with Gasteiger partial charge < -0.3 is 20.5 Å². The number of nitriles is 1. The molecule has 2 aromatic carbocycles. The van der Waals surface area contributed by atoms with Gasteiger partial charge in [-0.05, 0) is 55.7 Å². The largest absolute Gasteiger partial charge is 0.495 e. The fourth-order valence-corrected chi connectivity index (χ4v) is 6.92. The van der Waals surface area contributed by atoms with E-state index in [1.165, 1.54) is 30.2 Å². The molecule has 0 saturated heterocycles. The summed E-state index contributed by atoms with van der Waals surface area (Å²) in [6.07, 6.45) is 1.66. The Morgan fingerprint density at radius 2 is 2.05 bits per heavy atom. The van der Waals surface area contributed by atoms with Crippen molar-refractivity contribution in [3.63, 3.8) is 0 Å². The molecule has 42 heavy (non-hydrogen) atoms. The minimum absolute atomic E-state index is 0.0187. The molecule has 10 nitrogen and oxygen atoms in total. The highest BCUT2D eigenvalue weighted by atomic mass is 35.5. The highest BCUT2D eigenvalue weighted by Crippen LogP contribution is 2.47. The number of carbonyl (C=O) groups is 2. The number of hydrogen-bond donors (Lipinski definition) is 2. The lowest BCUT2D eigenvalue weighted by Crippen LogP contribution is -2.38. The van der Waals surface area contributed by atoms with Gasteiger partial charge in [-0.25, -0.2) is 0 Å². The van der Waals surface area contributed by atoms with E-state index in [1.807, 2.05) is 31.2 Å². The zero-order valence-electron chi connectivity index (χ0n) is 22.8. The van der Waals surface area contributed by atoms with Crippen LogP contribution in [-0.4, -0.2) is 41.4 Å². The molecule has 0 spiro atoms. The lowest BCUT2D eigenvalue weighted by molar-refractivity contribution is -0.116. The number of ether oxygens (including phenoxy) is 2. The van der Waals surface area contributed by atoms with Crippen LogP contribution in [0.15, 0.2) is 69.5 Å². The van der Waals surface area contributed by atoms with E-state index in [0.717, 1.165) is 11.3 Å². The van der Waals surface area contributed by atoms with E-state index in [1.54, 1.807) is 23.1 Å². The fourth-order valence-electron chi connectivity index (χ4n) is 4.98. The number of allylic oxidation sites excluding steroid dienone is 3. The molecule has 0 fully saturated rings. The average molecular weight is 623 g/mol. The van der Waals surface area contributed by atoms with E-state index in [9.17, 15) is 14.9 Å². The predicted molar refractivity (Wildman–Crippen MR) is 163 cm³/mol. The normalized spacial score (nSPS) is 16.7. The van der Waals surface area contributed by atoms with Gasteiger partial charge in [-0.2, -0.15) is 5.26 Å². The molecule has 5 rings (SSSR count). The van der Waals surface area contributed by atoms with Gasteiger partial charge in [0.05, 0.1) is 42.1 Å². The molecule has 1 aliphatic carbocycles. The lowest BCUT2D eigenvalue weighted by Gasteiger charge is -2.38. The van der Waals surface area contributed by atoms with Gasteiger partial charge >= 0.3 is 0 Å². The molecule has 1 amide bonds. The molecule has 1 atom stereocenters. The summed E-state index contributed by atoms with van der Waals surface area (Å²) in [7, 11) is 1.52. The lowest BCUT2D eigenvalue weighted by atomic mass is 9.76. The third-order valence-corrected chi connectivity index (χ3v) is 9.12. The number of benzene rings is 2. The van der Waals surface area contributed by atoms with Crippen LogP contribution in [0.4, 0.5) is 10.8 Å². The molecule has 2 heterocycles. The number of aromatic nitrogens is 2. The van der Waals surface area contributed by atoms with Crippen LogP contribution in [0.3, 0.4) is 0 Å². The molecule has 0 radical (unpaired) electrons. The van der Waals surface area contributed by atoms with E-state index in [0.29, 0.717) is 63.1 Å². The first-order valence-corrected chi connectivity index (χ1v) is 15.3. The number of methoxy groups -OCH3 is 1. The van der Waals surface area contributed by atoms with Crippen molar-refractivity contribution in [2.45, 2.75) is 36.4 Å². The number of ketones is 1. The third-order valence-electron chi connectivity index (χ3n) is 6.79. The molecule has 1 aliphatic heterocycles. The first-order valence-electron chi connectivity index (χ1n) is 13.1. The molecule has 3 N–H and O–H groups in total. The summed E-state index contributed by atoms with van der Waals surface area (Å²) in [4.78, 5) is 27.6. The topological polar surface area (TPSA) is 143 Å². The Morgan fingerprint density at radius 1 is 1.26 bits per heavy atom. The van der Waals surface area contributed by atoms with Gasteiger partial charge in [-0.1, -0.05) is 46.8 Å². The second-order valence-corrected chi connectivity index (χ2v) is 11.9. The maximum absolute atomic E-state index is 13.3. The van der Waals surface area contributed by atoms with Gasteiger partial charge in [0.25, 0.3) is 0 Å². The van der Waals surface area contributed by atoms with Crippen LogP contribution in [-0.2, 0) is 9.59 Å². The van der Waals surface area contributed by atoms with Crippen molar-refractivity contribution < 1.29 is 19.1 Å². The molecule has 0 bridgehead atoms. The van der Waals surface area contributed by atoms with Crippen LogP contribution in [0.25, 0.3) is 0 Å². The van der Waals surface area contributed by atoms with E-state index in [2.05, 4.69) is 21.6 Å². The van der Waals surface area contributed by atoms with Crippen LogP contribution < -0.4 is 25.4 Å². The van der Waals surface area contributed by atoms with Crippen LogP contribution in [0.1, 0.15) is 37.7 Å². The Kier molecular flexibility index (Phi) is 9.01. The SMILES string of the molecule is CCOc1ccc(C2C(C#N)=C(N)N(c3nnc(SCC(=O)Nc4ccc(OC)c(Cl)c4)s3)C3=C2C(=O)CCC3)cc1. The van der Waals surface area contributed by atoms with Gasteiger partial charge in [0.1, 0.15) is 17.3 Å². The van der Waals surface area contributed by atoms with Crippen molar-refractivity contribution in [1.82, 2.24) is 10.2 Å². The Morgan fingerprint density at radius 3 is 2.74 bits per heavy atom. The van der Waals surface area contributed by atoms with E-state index < -0.39 is 5.92 Å². The van der Waals surface area contributed by atoms with Crippen molar-refractivity contribution in [2.75, 3.05) is 29.7 Å². The number of thioether (sulfide) groups is 1. The fraction of sp³-hybridized carbons (Fsp3) is 0.276. The van der Waals surface area contributed by atoms with Crippen molar-refractivity contribution in [3.05, 3.63) is 75.7 Å². The first kappa shape index (κ1) is 29.4. The number of anilines is 2. The first-order chi connectivity index (χ1) is 20.3. The van der Waals surface area contributed by atoms with Gasteiger partial charge in [0.2, 0.25) is 11.0 Å². The van der Waals surface area contributed by atoms with Crippen molar-refractivity contribution >= 4 is 57.2 Å². The number of halogens is 1. The van der Waals surface area contributed by atoms with Crippen molar-refractivity contribution in [1.29, 1.82) is 5.26 Å². The summed E-state index contributed by atoms with van der Waals surface area (Å²) in [5, 5.41) is 22.4. The zero-order valence-corrected chi connectivity index (χ0v) is 25.2. The molecule has 2 aliphatic rings. The molecule has 0 saturated carbocycles. The van der Waals surface area contributed by atoms with Crippen molar-refractivity contribution in [3.8, 4) is 17.6 Å². The number of carbonyl (C=O) groups excluding carboxylic acids is 2. The zero-order chi connectivity index (χ0) is 29.8. The molecule has 3 aromatic rings. The average Bonchev–Trinajstić information content (AvgIpc) is 3.45. The number of hydrogen-bond acceptors (Lipinski definition) is 11. The monoisotopic (exact) mass is 622 g/mol. The summed E-state index contributed by atoms with van der Waals surface area (Å²) >= 11 is 8.60. The predicted octanol–water partition coefficient (Wildman–Crippen LogP) is 5.63. The molecule has 1 aromatic heterocycles. The summed E-state index contributed by atoms with van der Waals surface area (Å²) < 4.78 is 11.2. The number of nitrogens with two attached hydrogens (primary N) is 1. The van der Waals surface area contributed by atoms with Gasteiger partial charge in [0.15, 0.2) is 10.1 Å². The van der Waals surface area contributed by atoms with Gasteiger partial charge in [0, 0.05) is 23.4 Å². The summed E-state index contributed by atoms with van der Waals surface area (Å²) in [6, 6.07) is 14.6. The quantitative estimate of drug-likeness (QED) is 0.288. The number of Topliss-reactive ketones (excluding diaryl/α,β-unsaturated/α-hetero) is 1. The third kappa shape index (κ3) is 5.94. The smallest absolute Gasteiger partial charge is 0.234 e. The van der Waals surface area contributed by atoms with Crippen LogP contribution in [0.5, 0.6) is 11.5 Å². The number of nitrogens with zero attached hydrogens (tertiary/aromatic N) is 4. The van der Waals surface area contributed by atoms with Crippen LogP contribution >= 0.6 is 34.7 Å². The van der Waals surface area contributed by atoms with Crippen molar-refractivity contribution in [2.24, 2.45) is 5.73 Å². The molecular formula is C29H27ClN6O4S2. The number of rotatable bonds is 9. The molecule has 216 valence electrons. The second-order valence-electron chi connectivity index (χ2n) is 9.36. The molecular weight excluding hydrogens is 596 g/mol. The highest BCUT2D eigenvalue weighted by molar-refractivity contribution is 8.01.